The van der Waals surface area contributed by atoms with E-state index in [9.17, 15) is 38.4 Å². The Morgan fingerprint density at radius 2 is 0.724 bits per heavy atom. The third-order valence-electron chi connectivity index (χ3n) is 16.0. The van der Waals surface area contributed by atoms with Crippen LogP contribution < -0.4 is 59.7 Å². The summed E-state index contributed by atoms with van der Waals surface area (Å²) in [6.07, 6.45) is 18.0. The number of aromatic amines is 2. The van der Waals surface area contributed by atoms with Gasteiger partial charge >= 0.3 is 0 Å². The molecule has 481 valence electrons. The van der Waals surface area contributed by atoms with Crippen molar-refractivity contribution in [2.75, 3.05) is 26.7 Å². The molecule has 4 rings (SSSR count). The van der Waals surface area contributed by atoms with E-state index in [1.807, 2.05) is 88.1 Å². The minimum absolute atomic E-state index is 0. The van der Waals surface area contributed by atoms with Crippen molar-refractivity contribution in [2.45, 2.75) is 236 Å². The number of amides is 7. The molecule has 0 saturated heterocycles. The number of carbonyl (C=O) groups excluding carboxylic acids is 8. The summed E-state index contributed by atoms with van der Waals surface area (Å²) < 4.78 is 0. The molecule has 0 aliphatic heterocycles. The molecule has 21 nitrogen and oxygen atoms in total. The van der Waals surface area contributed by atoms with Crippen LogP contribution in [0.15, 0.2) is 60.9 Å². The second-order valence-electron chi connectivity index (χ2n) is 23.5. The van der Waals surface area contributed by atoms with E-state index >= 15 is 0 Å². The number of carbonyl (C=O) groups is 7. The zero-order valence-corrected chi connectivity index (χ0v) is 55.3. The number of rotatable bonds is 47. The largest absolute Gasteiger partial charge is 0.542 e. The zero-order valence-electron chi connectivity index (χ0n) is 52.5. The zero-order chi connectivity index (χ0) is 62.5. The number of fused-ring (bicyclic) bond motifs is 2. The second-order valence-corrected chi connectivity index (χ2v) is 23.5. The van der Waals surface area contributed by atoms with Gasteiger partial charge in [0.2, 0.25) is 41.4 Å². The van der Waals surface area contributed by atoms with Gasteiger partial charge < -0.3 is 74.5 Å². The van der Waals surface area contributed by atoms with Crippen molar-refractivity contribution in [2.24, 2.45) is 17.2 Å². The summed E-state index contributed by atoms with van der Waals surface area (Å²) in [4.78, 5) is 111. The standard InChI is InChI=1S/C65H104N13O8.Y/c1-45(69-4)22-29-61(82)74-51(16-10-13-38-67)25-32-64(85)77-53(41-48-43-70-57-20-7-5-18-55(48)57)27-34-60(81)72-46(2)23-30-62(83)75-52(17-11-14-39-68)26-33-65(86)78-54(42-49-44-71-58-21-8-6-19-56(49)58)28-35-63(84)76-50(15-9-12-37-66)24-31-59(80)73-47(3)36-40-79;/h5-8,18-21,43-47,50-54,69-71H,9-17,22-39,41-42,66-68H2,1-4H3,(H,72,81)(H,73,80)(H,74,82)(H,75,83)(H,76,84)(H,77,85)(H,78,86);/q-1;/t45-,46-,47-,50-,51-,52-,53+,54+;/m0./s1. The number of H-pyrrole nitrogens is 2. The Morgan fingerprint density at radius 1 is 0.414 bits per heavy atom. The van der Waals surface area contributed by atoms with Crippen molar-refractivity contribution in [1.82, 2.24) is 52.5 Å². The van der Waals surface area contributed by atoms with Gasteiger partial charge in [-0.1, -0.05) is 55.7 Å². The van der Waals surface area contributed by atoms with E-state index in [2.05, 4.69) is 52.5 Å². The van der Waals surface area contributed by atoms with Gasteiger partial charge in [-0.25, -0.2) is 0 Å². The Balaban J connectivity index is 0.0000198. The maximum Gasteiger partial charge on any atom is 0.220 e. The molecule has 2 heterocycles. The Bertz CT molecular complexity index is 2670. The molecule has 22 heteroatoms. The van der Waals surface area contributed by atoms with Crippen LogP contribution in [0.5, 0.6) is 0 Å². The van der Waals surface area contributed by atoms with Gasteiger partial charge in [0.05, 0.1) is 0 Å². The molecule has 2 aromatic heterocycles. The van der Waals surface area contributed by atoms with Crippen LogP contribution in [-0.2, 0) is 83.9 Å². The van der Waals surface area contributed by atoms with Crippen molar-refractivity contribution in [3.05, 3.63) is 72.1 Å². The molecule has 7 amide bonds. The number of benzene rings is 2. The van der Waals surface area contributed by atoms with Crippen LogP contribution >= 0.6 is 0 Å². The molecule has 16 N–H and O–H groups in total. The monoisotopic (exact) mass is 1280 g/mol. The van der Waals surface area contributed by atoms with Crippen molar-refractivity contribution in [1.29, 1.82) is 0 Å². The topological polar surface area (TPSA) is 342 Å². The normalized spacial score (nSPS) is 14.1. The van der Waals surface area contributed by atoms with E-state index in [0.717, 1.165) is 77.9 Å². The Labute approximate surface area is 541 Å². The smallest absolute Gasteiger partial charge is 0.220 e. The molecule has 0 fully saturated rings. The van der Waals surface area contributed by atoms with E-state index in [1.54, 1.807) is 6.92 Å². The fourth-order valence-electron chi connectivity index (χ4n) is 10.9. The summed E-state index contributed by atoms with van der Waals surface area (Å²) in [6.45, 7) is 7.20. The summed E-state index contributed by atoms with van der Waals surface area (Å²) >= 11 is 0. The Kier molecular flexibility index (Phi) is 38.2. The molecule has 1 radical (unpaired) electrons. The molecule has 2 aromatic carbocycles. The first kappa shape index (κ1) is 75.7. The maximum atomic E-state index is 13.9. The van der Waals surface area contributed by atoms with Crippen molar-refractivity contribution in [3.63, 3.8) is 0 Å². The summed E-state index contributed by atoms with van der Waals surface area (Å²) in [5.74, 6) is -1.16. The minimum Gasteiger partial charge on any atom is -0.542 e. The van der Waals surface area contributed by atoms with Gasteiger partial charge in [0.1, 0.15) is 0 Å². The van der Waals surface area contributed by atoms with E-state index in [4.69, 9.17) is 17.2 Å². The van der Waals surface area contributed by atoms with Gasteiger partial charge in [-0.3, -0.25) is 39.8 Å². The molecular weight excluding hydrogens is 1180 g/mol. The Hall–Kier alpha value is -5.58. The first-order chi connectivity index (χ1) is 41.5. The average Bonchev–Trinajstić information content (AvgIpc) is 3.06. The van der Waals surface area contributed by atoms with Gasteiger partial charge in [0, 0.05) is 160 Å². The van der Waals surface area contributed by atoms with Crippen molar-refractivity contribution < 1.29 is 71.1 Å². The molecular formula is C65H104N13O8Y-. The first-order valence-electron chi connectivity index (χ1n) is 31.8. The van der Waals surface area contributed by atoms with E-state index in [-0.39, 0.29) is 167 Å². The Morgan fingerprint density at radius 3 is 1.08 bits per heavy atom. The van der Waals surface area contributed by atoms with E-state index in [0.29, 0.717) is 96.7 Å². The van der Waals surface area contributed by atoms with Crippen LogP contribution in [0.1, 0.15) is 186 Å². The van der Waals surface area contributed by atoms with Crippen LogP contribution in [0.3, 0.4) is 0 Å². The summed E-state index contributed by atoms with van der Waals surface area (Å²) in [7, 11) is 1.87. The number of para-hydroxylation sites is 2. The van der Waals surface area contributed by atoms with Crippen LogP contribution in [0, 0.1) is 0 Å². The van der Waals surface area contributed by atoms with Crippen LogP contribution in [0.4, 0.5) is 0 Å². The number of hydrogen-bond acceptors (Lipinski definition) is 12. The predicted molar refractivity (Wildman–Crippen MR) is 341 cm³/mol. The molecule has 0 spiro atoms. The maximum absolute atomic E-state index is 13.9. The predicted octanol–water partition coefficient (Wildman–Crippen LogP) is 5.82. The first-order valence-corrected chi connectivity index (χ1v) is 31.8. The minimum atomic E-state index is -0.389. The van der Waals surface area contributed by atoms with Gasteiger partial charge in [0.25, 0.3) is 0 Å². The van der Waals surface area contributed by atoms with Crippen LogP contribution in [0.25, 0.3) is 21.8 Å². The quantitative estimate of drug-likeness (QED) is 0.0184. The fraction of sp³-hybridized carbons (Fsp3) is 0.631. The number of nitrogens with one attached hydrogen (secondary N) is 10. The molecule has 87 heavy (non-hydrogen) atoms. The molecule has 0 bridgehead atoms. The summed E-state index contributed by atoms with van der Waals surface area (Å²) in [5.41, 5.74) is 21.4. The van der Waals surface area contributed by atoms with Gasteiger partial charge in [-0.05, 0) is 167 Å². The third-order valence-corrected chi connectivity index (χ3v) is 16.0. The van der Waals surface area contributed by atoms with Gasteiger partial charge in [-0.15, -0.1) is 6.42 Å². The molecule has 4 aromatic rings. The van der Waals surface area contributed by atoms with Crippen LogP contribution in [0.2, 0.25) is 0 Å². The third kappa shape index (κ3) is 31.4. The molecule has 0 aliphatic rings. The van der Waals surface area contributed by atoms with Crippen molar-refractivity contribution in [3.8, 4) is 0 Å². The number of aromatic nitrogens is 2. The average molecular weight is 1280 g/mol. The SMILES string of the molecule is CN[C@@H](C)CCC(=O)N[C@@H](CCCCN)CCC(=O)N[C@H](CCC(=O)N[C@@H](C)CCC(=O)N[C@@H](CCCCN)CCC(=O)N[C@H](CCC(=O)N[C@@H](CCCCN)CCC(=O)N[C@@H](C)C[C-]=O)Cc1c[nH]c2ccccc12)Cc1c[nH]c2ccccc12.[Y]. The van der Waals surface area contributed by atoms with Crippen molar-refractivity contribution >= 4 is 69.4 Å². The fourth-order valence-corrected chi connectivity index (χ4v) is 10.9. The summed E-state index contributed by atoms with van der Waals surface area (Å²) in [6, 6.07) is 14.0. The molecule has 0 saturated carbocycles. The van der Waals surface area contributed by atoms with Crippen LogP contribution in [-0.4, -0.2) is 133 Å². The van der Waals surface area contributed by atoms with E-state index < -0.39 is 0 Å². The second kappa shape index (κ2) is 44.0. The number of nitrogens with two attached hydrogens (primary N) is 3. The van der Waals surface area contributed by atoms with Gasteiger partial charge in [-0.2, -0.15) is 0 Å². The van der Waals surface area contributed by atoms with E-state index in [1.165, 1.54) is 0 Å². The number of hydrogen-bond donors (Lipinski definition) is 13. The number of unbranched alkanes of at least 4 members (excludes halogenated alkanes) is 3. The molecule has 0 aliphatic carbocycles. The van der Waals surface area contributed by atoms with Gasteiger partial charge in [0.15, 0.2) is 0 Å². The molecule has 8 atom stereocenters. The molecule has 0 unspecified atom stereocenters. The summed E-state index contributed by atoms with van der Waals surface area (Å²) in [5, 5.41) is 26.9.